The topological polar surface area (TPSA) is 100 Å². The fourth-order valence-electron chi connectivity index (χ4n) is 2.69. The van der Waals surface area contributed by atoms with Crippen molar-refractivity contribution in [1.82, 2.24) is 14.7 Å². The maximum absolute atomic E-state index is 12.3. The second-order valence-electron chi connectivity index (χ2n) is 5.89. The Bertz CT molecular complexity index is 992. The first kappa shape index (κ1) is 16.6. The highest BCUT2D eigenvalue weighted by atomic mass is 32.2. The Kier molecular flexibility index (Phi) is 4.37. The van der Waals surface area contributed by atoms with Crippen molar-refractivity contribution in [3.05, 3.63) is 52.3 Å². The zero-order valence-electron chi connectivity index (χ0n) is 13.9. The summed E-state index contributed by atoms with van der Waals surface area (Å²) in [6.45, 7) is 1.71. The molecule has 1 unspecified atom stereocenters. The number of carbonyl (C=O) groups is 1. The van der Waals surface area contributed by atoms with Crippen LogP contribution in [-0.2, 0) is 16.1 Å². The number of aromatic nitrogens is 3. The van der Waals surface area contributed by atoms with Gasteiger partial charge in [-0.25, -0.2) is 4.98 Å². The zero-order valence-corrected chi connectivity index (χ0v) is 14.7. The number of ether oxygens (including phenoxy) is 1. The van der Waals surface area contributed by atoms with Gasteiger partial charge in [0.25, 0.3) is 5.56 Å². The Morgan fingerprint density at radius 3 is 3.15 bits per heavy atom. The zero-order chi connectivity index (χ0) is 18.1. The van der Waals surface area contributed by atoms with E-state index in [1.165, 1.54) is 18.0 Å². The Hall–Kier alpha value is -2.81. The van der Waals surface area contributed by atoms with Gasteiger partial charge in [0.15, 0.2) is 10.9 Å². The standard InChI is InChI=1S/C17H15N3O5S/c1-10-7-18-17-20(16(10)22)12(9-26-17)6-15(21)24-8-11-5-14(25-19-11)13-3-2-4-23-13/h2-5,7,12H,6,8-9H2,1H3. The summed E-state index contributed by atoms with van der Waals surface area (Å²) in [6, 6.07) is 4.90. The van der Waals surface area contributed by atoms with Crippen LogP contribution in [0.1, 0.15) is 23.7 Å². The van der Waals surface area contributed by atoms with Gasteiger partial charge in [-0.1, -0.05) is 16.9 Å². The summed E-state index contributed by atoms with van der Waals surface area (Å²) in [4.78, 5) is 28.7. The van der Waals surface area contributed by atoms with Crippen molar-refractivity contribution in [3.63, 3.8) is 0 Å². The number of esters is 1. The average Bonchev–Trinajstić information content (AvgIpc) is 3.36. The van der Waals surface area contributed by atoms with Crippen molar-refractivity contribution in [3.8, 4) is 11.5 Å². The molecule has 9 heteroatoms. The van der Waals surface area contributed by atoms with Crippen molar-refractivity contribution in [2.45, 2.75) is 31.1 Å². The summed E-state index contributed by atoms with van der Waals surface area (Å²) in [6.07, 6.45) is 3.20. The fraction of sp³-hybridized carbons (Fsp3) is 0.294. The highest BCUT2D eigenvalue weighted by molar-refractivity contribution is 7.99. The first-order chi connectivity index (χ1) is 12.6. The first-order valence-electron chi connectivity index (χ1n) is 7.98. The van der Waals surface area contributed by atoms with Crippen LogP contribution in [0.4, 0.5) is 0 Å². The largest absolute Gasteiger partial charge is 0.461 e. The van der Waals surface area contributed by atoms with Gasteiger partial charge in [-0.3, -0.25) is 14.2 Å². The molecule has 0 N–H and O–H groups in total. The third kappa shape index (κ3) is 3.17. The van der Waals surface area contributed by atoms with Gasteiger partial charge in [0, 0.05) is 23.6 Å². The van der Waals surface area contributed by atoms with Crippen LogP contribution in [0.5, 0.6) is 0 Å². The monoisotopic (exact) mass is 373 g/mol. The van der Waals surface area contributed by atoms with Gasteiger partial charge in [-0.15, -0.1) is 0 Å². The SMILES string of the molecule is Cc1cnc2n(c1=O)C(CC(=O)OCc1cc(-c3ccco3)on1)CS2. The maximum Gasteiger partial charge on any atom is 0.308 e. The van der Waals surface area contributed by atoms with Gasteiger partial charge in [-0.05, 0) is 19.1 Å². The minimum atomic E-state index is -0.403. The summed E-state index contributed by atoms with van der Waals surface area (Å²) in [5, 5.41) is 4.49. The average molecular weight is 373 g/mol. The number of hydrogen-bond donors (Lipinski definition) is 0. The minimum absolute atomic E-state index is 0.00325. The fourth-order valence-corrected chi connectivity index (χ4v) is 3.80. The summed E-state index contributed by atoms with van der Waals surface area (Å²) < 4.78 is 17.2. The van der Waals surface area contributed by atoms with Crippen LogP contribution in [-0.4, -0.2) is 26.4 Å². The molecule has 4 heterocycles. The molecule has 134 valence electrons. The molecular weight excluding hydrogens is 358 g/mol. The van der Waals surface area contributed by atoms with Crippen molar-refractivity contribution in [2.75, 3.05) is 5.75 Å². The molecule has 4 rings (SSSR count). The van der Waals surface area contributed by atoms with Crippen molar-refractivity contribution < 1.29 is 18.5 Å². The lowest BCUT2D eigenvalue weighted by molar-refractivity contribution is -0.145. The van der Waals surface area contributed by atoms with E-state index in [0.29, 0.717) is 33.7 Å². The minimum Gasteiger partial charge on any atom is -0.461 e. The van der Waals surface area contributed by atoms with Gasteiger partial charge in [0.1, 0.15) is 12.3 Å². The van der Waals surface area contributed by atoms with E-state index >= 15 is 0 Å². The van der Waals surface area contributed by atoms with Crippen LogP contribution in [0, 0.1) is 6.92 Å². The number of furan rings is 1. The van der Waals surface area contributed by atoms with Crippen molar-refractivity contribution in [1.29, 1.82) is 0 Å². The Morgan fingerprint density at radius 1 is 1.46 bits per heavy atom. The number of fused-ring (bicyclic) bond motifs is 1. The van der Waals surface area contributed by atoms with Gasteiger partial charge in [-0.2, -0.15) is 0 Å². The van der Waals surface area contributed by atoms with Crippen LogP contribution < -0.4 is 5.56 Å². The van der Waals surface area contributed by atoms with E-state index in [-0.39, 0.29) is 24.6 Å². The highest BCUT2D eigenvalue weighted by Gasteiger charge is 2.28. The molecule has 1 aliphatic heterocycles. The molecule has 0 radical (unpaired) electrons. The molecule has 0 saturated carbocycles. The summed E-state index contributed by atoms with van der Waals surface area (Å²) in [7, 11) is 0. The molecular formula is C17H15N3O5S. The Labute approximate surface area is 152 Å². The third-order valence-corrected chi connectivity index (χ3v) is 5.12. The van der Waals surface area contributed by atoms with Crippen LogP contribution >= 0.6 is 11.8 Å². The predicted molar refractivity (Wildman–Crippen MR) is 91.6 cm³/mol. The van der Waals surface area contributed by atoms with Crippen LogP contribution in [0.15, 0.2) is 49.6 Å². The molecule has 3 aromatic rings. The molecule has 0 saturated heterocycles. The maximum atomic E-state index is 12.3. The van der Waals surface area contributed by atoms with Gasteiger partial charge in [0.2, 0.25) is 5.76 Å². The molecule has 0 aromatic carbocycles. The lowest BCUT2D eigenvalue weighted by Crippen LogP contribution is -2.27. The van der Waals surface area contributed by atoms with Gasteiger partial charge >= 0.3 is 5.97 Å². The molecule has 0 aliphatic carbocycles. The molecule has 26 heavy (non-hydrogen) atoms. The molecule has 1 atom stereocenters. The van der Waals surface area contributed by atoms with E-state index in [9.17, 15) is 9.59 Å². The summed E-state index contributed by atoms with van der Waals surface area (Å²) in [5.74, 6) is 1.24. The summed E-state index contributed by atoms with van der Waals surface area (Å²) >= 11 is 1.46. The smallest absolute Gasteiger partial charge is 0.308 e. The number of thioether (sulfide) groups is 1. The molecule has 8 nitrogen and oxygen atoms in total. The Morgan fingerprint density at radius 2 is 2.35 bits per heavy atom. The lowest BCUT2D eigenvalue weighted by atomic mass is 10.2. The number of rotatable bonds is 5. The van der Waals surface area contributed by atoms with E-state index < -0.39 is 5.97 Å². The molecule has 1 aliphatic rings. The van der Waals surface area contributed by atoms with E-state index in [1.807, 2.05) is 0 Å². The molecule has 0 spiro atoms. The lowest BCUT2D eigenvalue weighted by Gasteiger charge is -2.12. The number of nitrogens with zero attached hydrogens (tertiary/aromatic N) is 3. The molecule has 0 bridgehead atoms. The highest BCUT2D eigenvalue weighted by Crippen LogP contribution is 2.32. The molecule has 0 fully saturated rings. The van der Waals surface area contributed by atoms with Gasteiger partial charge in [0.05, 0.1) is 18.7 Å². The van der Waals surface area contributed by atoms with Crippen LogP contribution in [0.25, 0.3) is 11.5 Å². The number of aryl methyl sites for hydroxylation is 1. The summed E-state index contributed by atoms with van der Waals surface area (Å²) in [5.41, 5.74) is 0.931. The van der Waals surface area contributed by atoms with E-state index in [2.05, 4.69) is 10.1 Å². The van der Waals surface area contributed by atoms with E-state index in [4.69, 9.17) is 13.7 Å². The second kappa shape index (κ2) is 6.83. The van der Waals surface area contributed by atoms with Crippen molar-refractivity contribution in [2.24, 2.45) is 0 Å². The first-order valence-corrected chi connectivity index (χ1v) is 8.96. The normalized spacial score (nSPS) is 15.8. The molecule has 3 aromatic heterocycles. The van der Waals surface area contributed by atoms with Crippen LogP contribution in [0.2, 0.25) is 0 Å². The van der Waals surface area contributed by atoms with Gasteiger partial charge < -0.3 is 13.7 Å². The quantitative estimate of drug-likeness (QED) is 0.497. The second-order valence-corrected chi connectivity index (χ2v) is 6.88. The number of hydrogen-bond acceptors (Lipinski definition) is 8. The Balaban J connectivity index is 1.38. The van der Waals surface area contributed by atoms with Crippen molar-refractivity contribution >= 4 is 17.7 Å². The third-order valence-electron chi connectivity index (χ3n) is 4.01. The van der Waals surface area contributed by atoms with E-state index in [1.54, 1.807) is 35.9 Å². The molecule has 0 amide bonds. The van der Waals surface area contributed by atoms with E-state index in [0.717, 1.165) is 0 Å². The predicted octanol–water partition coefficient (Wildman–Crippen LogP) is 2.58. The van der Waals surface area contributed by atoms with Crippen LogP contribution in [0.3, 0.4) is 0 Å². The number of carbonyl (C=O) groups excluding carboxylic acids is 1.